The third kappa shape index (κ3) is 3.66. The number of nitrogens with one attached hydrogen (secondary N) is 1. The molecule has 0 spiro atoms. The van der Waals surface area contributed by atoms with E-state index in [9.17, 15) is 4.79 Å². The van der Waals surface area contributed by atoms with E-state index in [1.165, 1.54) is 0 Å². The Hall–Kier alpha value is -2.46. The first-order chi connectivity index (χ1) is 11.1. The molecule has 0 saturated carbocycles. The molecule has 0 bridgehead atoms. The molecule has 23 heavy (non-hydrogen) atoms. The Bertz CT molecular complexity index is 824. The number of carbonyl (C=O) groups excluding carboxylic acids is 1. The predicted octanol–water partition coefficient (Wildman–Crippen LogP) is 4.36. The summed E-state index contributed by atoms with van der Waals surface area (Å²) in [5.74, 6) is -0.0530. The molecule has 2 aromatic carbocycles. The topological polar surface area (TPSA) is 42.0 Å². The SMILES string of the molecule is Cc1cccc(C(=O)NCc2sc(-c3ccccc3)nc2C)c1. The van der Waals surface area contributed by atoms with Gasteiger partial charge in [-0.3, -0.25) is 4.79 Å². The summed E-state index contributed by atoms with van der Waals surface area (Å²) < 4.78 is 0. The normalized spacial score (nSPS) is 10.5. The molecule has 116 valence electrons. The lowest BCUT2D eigenvalue weighted by Gasteiger charge is -2.05. The minimum absolute atomic E-state index is 0.0530. The molecule has 1 aromatic heterocycles. The van der Waals surface area contributed by atoms with Crippen molar-refractivity contribution in [3.8, 4) is 10.6 Å². The van der Waals surface area contributed by atoms with Crippen LogP contribution in [0.1, 0.15) is 26.5 Å². The third-order valence-corrected chi connectivity index (χ3v) is 4.81. The molecule has 3 nitrogen and oxygen atoms in total. The molecule has 1 amide bonds. The number of hydrogen-bond donors (Lipinski definition) is 1. The van der Waals surface area contributed by atoms with E-state index < -0.39 is 0 Å². The molecule has 0 aliphatic heterocycles. The summed E-state index contributed by atoms with van der Waals surface area (Å²) in [4.78, 5) is 17.9. The Morgan fingerprint density at radius 1 is 1.09 bits per heavy atom. The van der Waals surface area contributed by atoms with Gasteiger partial charge in [0.15, 0.2) is 0 Å². The van der Waals surface area contributed by atoms with Crippen LogP contribution in [0.2, 0.25) is 0 Å². The van der Waals surface area contributed by atoms with Crippen molar-refractivity contribution < 1.29 is 4.79 Å². The van der Waals surface area contributed by atoms with Crippen molar-refractivity contribution in [2.75, 3.05) is 0 Å². The lowest BCUT2D eigenvalue weighted by atomic mass is 10.1. The lowest BCUT2D eigenvalue weighted by Crippen LogP contribution is -2.22. The minimum Gasteiger partial charge on any atom is -0.347 e. The van der Waals surface area contributed by atoms with Crippen LogP contribution in [-0.4, -0.2) is 10.9 Å². The third-order valence-electron chi connectivity index (χ3n) is 3.60. The van der Waals surface area contributed by atoms with Gasteiger partial charge in [-0.15, -0.1) is 11.3 Å². The molecular formula is C19H18N2OS. The van der Waals surface area contributed by atoms with Crippen LogP contribution in [0.3, 0.4) is 0 Å². The summed E-state index contributed by atoms with van der Waals surface area (Å²) >= 11 is 1.63. The van der Waals surface area contributed by atoms with Crippen LogP contribution in [0.15, 0.2) is 54.6 Å². The monoisotopic (exact) mass is 322 g/mol. The van der Waals surface area contributed by atoms with Gasteiger partial charge in [0.05, 0.1) is 12.2 Å². The molecule has 3 rings (SSSR count). The maximum absolute atomic E-state index is 12.2. The number of rotatable bonds is 4. The van der Waals surface area contributed by atoms with E-state index in [0.717, 1.165) is 26.7 Å². The first-order valence-corrected chi connectivity index (χ1v) is 8.32. The number of aryl methyl sites for hydroxylation is 2. The Morgan fingerprint density at radius 3 is 2.61 bits per heavy atom. The maximum Gasteiger partial charge on any atom is 0.251 e. The molecule has 0 aliphatic carbocycles. The highest BCUT2D eigenvalue weighted by atomic mass is 32.1. The number of hydrogen-bond acceptors (Lipinski definition) is 3. The smallest absolute Gasteiger partial charge is 0.251 e. The summed E-state index contributed by atoms with van der Waals surface area (Å²) in [7, 11) is 0. The molecule has 3 aromatic rings. The molecule has 0 radical (unpaired) electrons. The number of nitrogens with zero attached hydrogens (tertiary/aromatic N) is 1. The van der Waals surface area contributed by atoms with Gasteiger partial charge < -0.3 is 5.32 Å². The zero-order valence-corrected chi connectivity index (χ0v) is 14.0. The van der Waals surface area contributed by atoms with Crippen molar-refractivity contribution in [1.82, 2.24) is 10.3 Å². The van der Waals surface area contributed by atoms with Crippen LogP contribution < -0.4 is 5.32 Å². The van der Waals surface area contributed by atoms with Gasteiger partial charge in [0.2, 0.25) is 0 Å². The number of thiazole rings is 1. The van der Waals surface area contributed by atoms with Gasteiger partial charge in [-0.2, -0.15) is 0 Å². The molecule has 1 N–H and O–H groups in total. The van der Waals surface area contributed by atoms with Gasteiger partial charge in [0.25, 0.3) is 5.91 Å². The first kappa shape index (κ1) is 15.4. The number of carbonyl (C=O) groups is 1. The Labute approximate surface area is 140 Å². The van der Waals surface area contributed by atoms with Crippen molar-refractivity contribution in [3.05, 3.63) is 76.3 Å². The largest absolute Gasteiger partial charge is 0.347 e. The quantitative estimate of drug-likeness (QED) is 0.775. The zero-order chi connectivity index (χ0) is 16.2. The van der Waals surface area contributed by atoms with Gasteiger partial charge in [-0.05, 0) is 26.0 Å². The van der Waals surface area contributed by atoms with E-state index in [1.54, 1.807) is 11.3 Å². The first-order valence-electron chi connectivity index (χ1n) is 7.50. The van der Waals surface area contributed by atoms with E-state index in [4.69, 9.17) is 0 Å². The van der Waals surface area contributed by atoms with E-state index in [2.05, 4.69) is 10.3 Å². The van der Waals surface area contributed by atoms with Crippen LogP contribution in [0.5, 0.6) is 0 Å². The van der Waals surface area contributed by atoms with E-state index in [1.807, 2.05) is 68.4 Å². The Kier molecular flexibility index (Phi) is 4.53. The van der Waals surface area contributed by atoms with Crippen molar-refractivity contribution >= 4 is 17.2 Å². The van der Waals surface area contributed by atoms with Crippen LogP contribution in [0.4, 0.5) is 0 Å². The van der Waals surface area contributed by atoms with Crippen molar-refractivity contribution in [3.63, 3.8) is 0 Å². The molecule has 4 heteroatoms. The van der Waals surface area contributed by atoms with Gasteiger partial charge >= 0.3 is 0 Å². The summed E-state index contributed by atoms with van der Waals surface area (Å²) in [6, 6.07) is 17.7. The number of benzene rings is 2. The van der Waals surface area contributed by atoms with Crippen molar-refractivity contribution in [1.29, 1.82) is 0 Å². The average Bonchev–Trinajstić information content (AvgIpc) is 2.94. The summed E-state index contributed by atoms with van der Waals surface area (Å²) in [6.07, 6.45) is 0. The second-order valence-electron chi connectivity index (χ2n) is 5.45. The number of aromatic nitrogens is 1. The van der Waals surface area contributed by atoms with E-state index >= 15 is 0 Å². The Morgan fingerprint density at radius 2 is 1.87 bits per heavy atom. The average molecular weight is 322 g/mol. The molecule has 1 heterocycles. The van der Waals surface area contributed by atoms with E-state index in [0.29, 0.717) is 12.1 Å². The van der Waals surface area contributed by atoms with Gasteiger partial charge in [0.1, 0.15) is 5.01 Å². The van der Waals surface area contributed by atoms with Crippen LogP contribution in [-0.2, 0) is 6.54 Å². The summed E-state index contributed by atoms with van der Waals surface area (Å²) in [5.41, 5.74) is 3.85. The molecule has 0 aliphatic rings. The standard InChI is InChI=1S/C19H18N2OS/c1-13-7-6-10-16(11-13)18(22)20-12-17-14(2)21-19(23-17)15-8-4-3-5-9-15/h3-11H,12H2,1-2H3,(H,20,22). The fourth-order valence-electron chi connectivity index (χ4n) is 2.35. The predicted molar refractivity (Wildman–Crippen MR) is 94.6 cm³/mol. The highest BCUT2D eigenvalue weighted by Gasteiger charge is 2.11. The molecule has 0 unspecified atom stereocenters. The molecule has 0 atom stereocenters. The minimum atomic E-state index is -0.0530. The lowest BCUT2D eigenvalue weighted by molar-refractivity contribution is 0.0951. The Balaban J connectivity index is 1.71. The van der Waals surface area contributed by atoms with Crippen LogP contribution >= 0.6 is 11.3 Å². The number of amides is 1. The van der Waals surface area contributed by atoms with Crippen LogP contribution in [0.25, 0.3) is 10.6 Å². The van der Waals surface area contributed by atoms with Crippen molar-refractivity contribution in [2.45, 2.75) is 20.4 Å². The van der Waals surface area contributed by atoms with Crippen LogP contribution in [0, 0.1) is 13.8 Å². The second-order valence-corrected chi connectivity index (χ2v) is 6.53. The zero-order valence-electron chi connectivity index (χ0n) is 13.2. The molecule has 0 fully saturated rings. The second kappa shape index (κ2) is 6.75. The molecule has 0 saturated heterocycles. The fourth-order valence-corrected chi connectivity index (χ4v) is 3.35. The highest BCUT2D eigenvalue weighted by molar-refractivity contribution is 7.15. The van der Waals surface area contributed by atoms with Gasteiger partial charge in [-0.25, -0.2) is 4.98 Å². The maximum atomic E-state index is 12.2. The summed E-state index contributed by atoms with van der Waals surface area (Å²) in [5, 5.41) is 3.97. The summed E-state index contributed by atoms with van der Waals surface area (Å²) in [6.45, 7) is 4.47. The molecular weight excluding hydrogens is 304 g/mol. The fraction of sp³-hybridized carbons (Fsp3) is 0.158. The van der Waals surface area contributed by atoms with Gasteiger partial charge in [0, 0.05) is 16.0 Å². The van der Waals surface area contributed by atoms with Gasteiger partial charge in [-0.1, -0.05) is 48.0 Å². The van der Waals surface area contributed by atoms with Crippen molar-refractivity contribution in [2.24, 2.45) is 0 Å². The van der Waals surface area contributed by atoms with E-state index in [-0.39, 0.29) is 5.91 Å². The highest BCUT2D eigenvalue weighted by Crippen LogP contribution is 2.27.